The Balaban J connectivity index is 1.90. The lowest BCUT2D eigenvalue weighted by atomic mass is 9.85. The summed E-state index contributed by atoms with van der Waals surface area (Å²) in [5.41, 5.74) is 7.29. The summed E-state index contributed by atoms with van der Waals surface area (Å²) in [6, 6.07) is 7.07. The van der Waals surface area contributed by atoms with Gasteiger partial charge in [0.25, 0.3) is 5.91 Å². The maximum absolute atomic E-state index is 13.4. The second kappa shape index (κ2) is 12.8. The molecule has 0 aliphatic heterocycles. The molecule has 1 aliphatic rings. The highest BCUT2D eigenvalue weighted by Gasteiger charge is 2.26. The Morgan fingerprint density at radius 3 is 2.31 bits per heavy atom. The van der Waals surface area contributed by atoms with Crippen molar-refractivity contribution in [2.45, 2.75) is 84.2 Å². The second-order valence-corrected chi connectivity index (χ2v) is 10.3. The summed E-state index contributed by atoms with van der Waals surface area (Å²) in [5, 5.41) is 7.76. The van der Waals surface area contributed by atoms with Crippen LogP contribution in [0.4, 0.5) is 0 Å². The van der Waals surface area contributed by atoms with Crippen LogP contribution in [-0.2, 0) is 4.79 Å². The number of amides is 2. The van der Waals surface area contributed by atoms with Gasteiger partial charge in [-0.05, 0) is 49.8 Å². The average Bonchev–Trinajstić information content (AvgIpc) is 3.31. The lowest BCUT2D eigenvalue weighted by Gasteiger charge is -2.24. The van der Waals surface area contributed by atoms with Gasteiger partial charge in [-0.3, -0.25) is 14.3 Å². The first-order chi connectivity index (χ1) is 17.2. The third-order valence-electron chi connectivity index (χ3n) is 7.43. The van der Waals surface area contributed by atoms with E-state index >= 15 is 0 Å². The Bertz CT molecular complexity index is 1000. The van der Waals surface area contributed by atoms with E-state index in [1.165, 1.54) is 32.1 Å². The van der Waals surface area contributed by atoms with E-state index < -0.39 is 5.91 Å². The van der Waals surface area contributed by atoms with Gasteiger partial charge in [0.15, 0.2) is 5.69 Å². The summed E-state index contributed by atoms with van der Waals surface area (Å²) in [5.74, 6) is 1.48. The molecule has 1 heterocycles. The molecule has 198 valence electrons. The zero-order valence-electron chi connectivity index (χ0n) is 22.4. The lowest BCUT2D eigenvalue weighted by molar-refractivity contribution is -0.118. The highest BCUT2D eigenvalue weighted by molar-refractivity contribution is 5.94. The largest absolute Gasteiger partial charge is 0.496 e. The van der Waals surface area contributed by atoms with Crippen molar-refractivity contribution >= 4 is 11.8 Å². The first-order valence-electron chi connectivity index (χ1n) is 13.1. The molecule has 8 nitrogen and oxygen atoms in total. The van der Waals surface area contributed by atoms with Crippen molar-refractivity contribution in [3.8, 4) is 22.8 Å². The molecule has 3 N–H and O–H groups in total. The minimum Gasteiger partial charge on any atom is -0.496 e. The topological polar surface area (TPSA) is 108 Å². The Morgan fingerprint density at radius 1 is 1.11 bits per heavy atom. The van der Waals surface area contributed by atoms with Gasteiger partial charge in [0.1, 0.15) is 11.5 Å². The molecule has 2 aromatic rings. The SMILES string of the molecule is COc1cccc(OC)c1-c1cc(C(=O)N[C@@H](CCC2CCCCC2)CC(N)=O)nn1C(C)C(C)C. The van der Waals surface area contributed by atoms with Gasteiger partial charge in [-0.25, -0.2) is 0 Å². The van der Waals surface area contributed by atoms with Crippen LogP contribution in [-0.4, -0.2) is 41.9 Å². The van der Waals surface area contributed by atoms with Gasteiger partial charge in [-0.2, -0.15) is 5.10 Å². The number of benzene rings is 1. The molecule has 1 fully saturated rings. The van der Waals surface area contributed by atoms with Crippen molar-refractivity contribution in [3.63, 3.8) is 0 Å². The van der Waals surface area contributed by atoms with Crippen molar-refractivity contribution < 1.29 is 19.1 Å². The van der Waals surface area contributed by atoms with E-state index in [4.69, 9.17) is 20.3 Å². The molecule has 1 aromatic carbocycles. The number of primary amides is 1. The monoisotopic (exact) mass is 498 g/mol. The van der Waals surface area contributed by atoms with Gasteiger partial charge < -0.3 is 20.5 Å². The van der Waals surface area contributed by atoms with Gasteiger partial charge >= 0.3 is 0 Å². The van der Waals surface area contributed by atoms with Crippen LogP contribution in [0.25, 0.3) is 11.3 Å². The average molecular weight is 499 g/mol. The Hall–Kier alpha value is -3.03. The summed E-state index contributed by atoms with van der Waals surface area (Å²) in [7, 11) is 3.22. The van der Waals surface area contributed by atoms with Crippen molar-refractivity contribution in [3.05, 3.63) is 30.0 Å². The standard InChI is InChI=1S/C28H42N4O4/c1-18(2)19(3)32-23(27-24(35-4)12-9-13-25(27)36-5)17-22(31-32)28(34)30-21(16-26(29)33)15-14-20-10-7-6-8-11-20/h9,12-13,17-21H,6-8,10-11,14-16H2,1-5H3,(H2,29,33)(H,30,34)/t19?,21-/m0/s1. The molecule has 36 heavy (non-hydrogen) atoms. The number of nitrogens with one attached hydrogen (secondary N) is 1. The highest BCUT2D eigenvalue weighted by atomic mass is 16.5. The van der Waals surface area contributed by atoms with Crippen LogP contribution in [0, 0.1) is 11.8 Å². The summed E-state index contributed by atoms with van der Waals surface area (Å²) >= 11 is 0. The molecular weight excluding hydrogens is 456 g/mol. The fourth-order valence-electron chi connectivity index (χ4n) is 5.03. The first kappa shape index (κ1) is 27.6. The summed E-state index contributed by atoms with van der Waals surface area (Å²) in [6.45, 7) is 6.30. The van der Waals surface area contributed by atoms with Gasteiger partial charge in [-0.15, -0.1) is 0 Å². The summed E-state index contributed by atoms with van der Waals surface area (Å²) < 4.78 is 13.1. The molecule has 0 radical (unpaired) electrons. The van der Waals surface area contributed by atoms with Crippen LogP contribution in [0.1, 0.15) is 88.7 Å². The molecule has 1 saturated carbocycles. The molecule has 8 heteroatoms. The summed E-state index contributed by atoms with van der Waals surface area (Å²) in [6.07, 6.45) is 8.11. The van der Waals surface area contributed by atoms with E-state index in [1.807, 2.05) is 22.9 Å². The van der Waals surface area contributed by atoms with E-state index in [0.717, 1.165) is 24.1 Å². The smallest absolute Gasteiger partial charge is 0.272 e. The quantitative estimate of drug-likeness (QED) is 0.422. The highest BCUT2D eigenvalue weighted by Crippen LogP contribution is 2.40. The number of nitrogens with zero attached hydrogens (tertiary/aromatic N) is 2. The number of carbonyl (C=O) groups is 2. The van der Waals surface area contributed by atoms with Crippen molar-refractivity contribution in [1.29, 1.82) is 0 Å². The number of rotatable bonds is 12. The third kappa shape index (κ3) is 6.80. The van der Waals surface area contributed by atoms with Crippen LogP contribution < -0.4 is 20.5 Å². The maximum atomic E-state index is 13.4. The molecule has 2 amide bonds. The number of hydrogen-bond donors (Lipinski definition) is 2. The van der Waals surface area contributed by atoms with Crippen molar-refractivity contribution in [2.75, 3.05) is 14.2 Å². The molecule has 2 atom stereocenters. The molecule has 1 unspecified atom stereocenters. The van der Waals surface area contributed by atoms with Crippen LogP contribution in [0.3, 0.4) is 0 Å². The van der Waals surface area contributed by atoms with Crippen LogP contribution in [0.2, 0.25) is 0 Å². The minimum atomic E-state index is -0.414. The zero-order chi connectivity index (χ0) is 26.2. The van der Waals surface area contributed by atoms with Crippen molar-refractivity contribution in [1.82, 2.24) is 15.1 Å². The molecule has 3 rings (SSSR count). The van der Waals surface area contributed by atoms with Gasteiger partial charge in [-0.1, -0.05) is 52.0 Å². The van der Waals surface area contributed by atoms with E-state index in [-0.39, 0.29) is 36.0 Å². The molecule has 1 aromatic heterocycles. The van der Waals surface area contributed by atoms with Crippen molar-refractivity contribution in [2.24, 2.45) is 17.6 Å². The van der Waals surface area contributed by atoms with Crippen LogP contribution in [0.15, 0.2) is 24.3 Å². The van der Waals surface area contributed by atoms with E-state index in [0.29, 0.717) is 17.4 Å². The number of ether oxygens (including phenoxy) is 2. The molecular formula is C28H42N4O4. The van der Waals surface area contributed by atoms with E-state index in [9.17, 15) is 9.59 Å². The number of nitrogens with two attached hydrogens (primary N) is 1. The van der Waals surface area contributed by atoms with Crippen LogP contribution in [0.5, 0.6) is 11.5 Å². The molecule has 0 bridgehead atoms. The van der Waals surface area contributed by atoms with E-state index in [1.54, 1.807) is 20.3 Å². The van der Waals surface area contributed by atoms with Gasteiger partial charge in [0, 0.05) is 12.5 Å². The Kier molecular flexibility index (Phi) is 9.79. The van der Waals surface area contributed by atoms with Gasteiger partial charge in [0.2, 0.25) is 5.91 Å². The fraction of sp³-hybridized carbons (Fsp3) is 0.607. The van der Waals surface area contributed by atoms with E-state index in [2.05, 4.69) is 26.1 Å². The molecule has 1 aliphatic carbocycles. The third-order valence-corrected chi connectivity index (χ3v) is 7.43. The first-order valence-corrected chi connectivity index (χ1v) is 13.1. The maximum Gasteiger partial charge on any atom is 0.272 e. The number of carbonyl (C=O) groups excluding carboxylic acids is 2. The number of methoxy groups -OCH3 is 2. The zero-order valence-corrected chi connectivity index (χ0v) is 22.4. The summed E-state index contributed by atoms with van der Waals surface area (Å²) in [4.78, 5) is 25.1. The second-order valence-electron chi connectivity index (χ2n) is 10.3. The Morgan fingerprint density at radius 2 is 1.75 bits per heavy atom. The molecule has 0 spiro atoms. The normalized spacial score (nSPS) is 15.9. The fourth-order valence-corrected chi connectivity index (χ4v) is 5.03. The number of hydrogen-bond acceptors (Lipinski definition) is 5. The molecule has 0 saturated heterocycles. The van der Waals surface area contributed by atoms with Crippen LogP contribution >= 0.6 is 0 Å². The predicted octanol–water partition coefficient (Wildman–Crippen LogP) is 5.12. The Labute approximate surface area is 214 Å². The lowest BCUT2D eigenvalue weighted by Crippen LogP contribution is -2.38. The number of aromatic nitrogens is 2. The van der Waals surface area contributed by atoms with Gasteiger partial charge in [0.05, 0.1) is 31.5 Å². The minimum absolute atomic E-state index is 0.0175. The predicted molar refractivity (Wildman–Crippen MR) is 141 cm³/mol.